The molecule has 2 fully saturated rings. The number of halogens is 2. The van der Waals surface area contributed by atoms with Crippen LogP contribution in [0.4, 0.5) is 5.13 Å². The minimum absolute atomic E-state index is 0.215. The molecule has 6 nitrogen and oxygen atoms in total. The summed E-state index contributed by atoms with van der Waals surface area (Å²) in [6, 6.07) is 6.10. The van der Waals surface area contributed by atoms with Crippen molar-refractivity contribution in [2.45, 2.75) is 38.0 Å². The van der Waals surface area contributed by atoms with Gasteiger partial charge in [-0.15, -0.1) is 0 Å². The number of allylic oxidation sites excluding steroid dienone is 2. The molecule has 1 saturated heterocycles. The average Bonchev–Trinajstić information content (AvgIpc) is 3.48. The number of nitrogens with zero attached hydrogens (tertiary/aromatic N) is 4. The second kappa shape index (κ2) is 8.47. The number of pyridine rings is 1. The normalized spacial score (nSPS) is 19.0. The van der Waals surface area contributed by atoms with E-state index in [1.807, 2.05) is 12.1 Å². The van der Waals surface area contributed by atoms with Crippen LogP contribution in [0.1, 0.15) is 49.3 Å². The zero-order valence-electron chi connectivity index (χ0n) is 19.8. The largest absolute Gasteiger partial charge is 0.497 e. The topological polar surface area (TPSA) is 64.3 Å². The molecule has 1 aliphatic heterocycles. The van der Waals surface area contributed by atoms with Crippen LogP contribution < -0.4 is 9.64 Å². The van der Waals surface area contributed by atoms with Gasteiger partial charge < -0.3 is 14.2 Å². The molecule has 0 N–H and O–H groups in total. The summed E-state index contributed by atoms with van der Waals surface area (Å²) in [7, 11) is 1.69. The monoisotopic (exact) mass is 538 g/mol. The number of fused-ring (bicyclic) bond motifs is 1. The van der Waals surface area contributed by atoms with Crippen molar-refractivity contribution in [3.63, 3.8) is 0 Å². The number of hydrogen-bond acceptors (Lipinski definition) is 7. The maximum Gasteiger partial charge on any atom is 0.186 e. The molecule has 4 aromatic rings. The van der Waals surface area contributed by atoms with Gasteiger partial charge in [-0.05, 0) is 55.2 Å². The van der Waals surface area contributed by atoms with Gasteiger partial charge in [0.05, 0.1) is 27.4 Å². The van der Waals surface area contributed by atoms with E-state index >= 15 is 0 Å². The van der Waals surface area contributed by atoms with Gasteiger partial charge in [0.2, 0.25) is 0 Å². The zero-order valence-corrected chi connectivity index (χ0v) is 22.1. The van der Waals surface area contributed by atoms with Crippen LogP contribution in [-0.4, -0.2) is 35.3 Å². The molecule has 9 heteroatoms. The van der Waals surface area contributed by atoms with E-state index in [-0.39, 0.29) is 5.41 Å². The molecule has 3 aromatic heterocycles. The molecule has 2 aliphatic carbocycles. The number of rotatable bonds is 5. The van der Waals surface area contributed by atoms with E-state index in [0.29, 0.717) is 21.5 Å². The molecule has 3 aliphatic rings. The predicted molar refractivity (Wildman–Crippen MR) is 144 cm³/mol. The summed E-state index contributed by atoms with van der Waals surface area (Å²) < 4.78 is 12.4. The molecule has 0 radical (unpaired) electrons. The van der Waals surface area contributed by atoms with Crippen molar-refractivity contribution in [1.82, 2.24) is 15.1 Å². The van der Waals surface area contributed by atoms with Crippen LogP contribution in [-0.2, 0) is 0 Å². The summed E-state index contributed by atoms with van der Waals surface area (Å²) in [5, 5.41) is 6.54. The second-order valence-corrected chi connectivity index (χ2v) is 11.9. The van der Waals surface area contributed by atoms with Gasteiger partial charge in [0.1, 0.15) is 17.2 Å². The van der Waals surface area contributed by atoms with E-state index in [9.17, 15) is 0 Å². The van der Waals surface area contributed by atoms with Gasteiger partial charge in [-0.25, -0.2) is 4.98 Å². The fourth-order valence-corrected chi connectivity index (χ4v) is 7.09. The number of piperidine rings is 1. The number of anilines is 1. The van der Waals surface area contributed by atoms with Crippen molar-refractivity contribution in [1.29, 1.82) is 0 Å². The molecular weight excluding hydrogens is 515 g/mol. The van der Waals surface area contributed by atoms with E-state index in [1.165, 1.54) is 10.3 Å². The van der Waals surface area contributed by atoms with Gasteiger partial charge in [0.25, 0.3) is 0 Å². The van der Waals surface area contributed by atoms with Crippen LogP contribution in [0.25, 0.3) is 27.0 Å². The highest BCUT2D eigenvalue weighted by molar-refractivity contribution is 7.22. The lowest BCUT2D eigenvalue weighted by Crippen LogP contribution is -2.42. The van der Waals surface area contributed by atoms with Crippen LogP contribution in [0, 0.1) is 5.41 Å². The van der Waals surface area contributed by atoms with Gasteiger partial charge in [0.15, 0.2) is 5.13 Å². The molecule has 1 saturated carbocycles. The lowest BCUT2D eigenvalue weighted by molar-refractivity contribution is 0.277. The molecule has 36 heavy (non-hydrogen) atoms. The lowest BCUT2D eigenvalue weighted by Gasteiger charge is -2.46. The van der Waals surface area contributed by atoms with Crippen LogP contribution >= 0.6 is 34.5 Å². The highest BCUT2D eigenvalue weighted by atomic mass is 35.5. The molecule has 4 heterocycles. The SMILES string of the molecule is COc1ccc2sc(N3CCC4(C=C(c5c(-c6c(Cl)cncc6Cl)noc5C5CC5)C4)CC3)nc2c1. The molecule has 0 atom stereocenters. The predicted octanol–water partition coefficient (Wildman–Crippen LogP) is 7.61. The fourth-order valence-electron chi connectivity index (χ4n) is 5.55. The minimum atomic E-state index is 0.215. The van der Waals surface area contributed by atoms with Crippen LogP contribution in [0.15, 0.2) is 41.2 Å². The standard InChI is InChI=1S/C27H24Cl2N4O2S/c1-34-17-4-5-21-20(10-17)31-26(36-21)33-8-6-27(7-9-33)11-16(12-27)22-24(32-35-25(22)15-2-3-15)23-18(28)13-30-14-19(23)29/h4-5,10-11,13-15H,2-3,6-9,12H2,1H3. The Bertz CT molecular complexity index is 1500. The van der Waals surface area contributed by atoms with Gasteiger partial charge in [-0.1, -0.05) is 45.8 Å². The Hall–Kier alpha value is -2.61. The Morgan fingerprint density at radius 1 is 1.11 bits per heavy atom. The second-order valence-electron chi connectivity index (χ2n) is 10.0. The van der Waals surface area contributed by atoms with Gasteiger partial charge in [-0.2, -0.15) is 0 Å². The molecule has 0 amide bonds. The summed E-state index contributed by atoms with van der Waals surface area (Å²) in [5.74, 6) is 2.27. The van der Waals surface area contributed by atoms with Crippen molar-refractivity contribution in [2.24, 2.45) is 5.41 Å². The van der Waals surface area contributed by atoms with Crippen LogP contribution in [0.5, 0.6) is 5.75 Å². The summed E-state index contributed by atoms with van der Waals surface area (Å²) in [4.78, 5) is 11.4. The smallest absolute Gasteiger partial charge is 0.186 e. The average molecular weight is 539 g/mol. The zero-order chi connectivity index (χ0) is 24.4. The quantitative estimate of drug-likeness (QED) is 0.260. The molecule has 1 spiro atoms. The van der Waals surface area contributed by atoms with Crippen molar-refractivity contribution in [3.05, 3.63) is 58.0 Å². The summed E-state index contributed by atoms with van der Waals surface area (Å²) >= 11 is 14.8. The lowest BCUT2D eigenvalue weighted by atomic mass is 9.63. The Kier molecular flexibility index (Phi) is 5.31. The first-order valence-electron chi connectivity index (χ1n) is 12.2. The molecule has 0 bridgehead atoms. The summed E-state index contributed by atoms with van der Waals surface area (Å²) in [5.41, 5.74) is 5.08. The minimum Gasteiger partial charge on any atom is -0.497 e. The van der Waals surface area contributed by atoms with Gasteiger partial charge in [-0.3, -0.25) is 4.98 Å². The molecule has 7 rings (SSSR count). The molecule has 184 valence electrons. The number of thiazole rings is 1. The maximum atomic E-state index is 6.50. The van der Waals surface area contributed by atoms with Crippen LogP contribution in [0.2, 0.25) is 10.0 Å². The Balaban J connectivity index is 1.14. The maximum absolute atomic E-state index is 6.50. The third-order valence-corrected chi connectivity index (χ3v) is 9.38. The first-order chi connectivity index (χ1) is 17.5. The van der Waals surface area contributed by atoms with E-state index in [2.05, 4.69) is 27.2 Å². The third kappa shape index (κ3) is 3.71. The number of aromatic nitrogens is 3. The fraction of sp³-hybridized carbons (Fsp3) is 0.370. The first-order valence-corrected chi connectivity index (χ1v) is 13.8. The molecule has 1 aromatic carbocycles. The van der Waals surface area contributed by atoms with Crippen LogP contribution in [0.3, 0.4) is 0 Å². The first kappa shape index (κ1) is 22.6. The summed E-state index contributed by atoms with van der Waals surface area (Å²) in [6.45, 7) is 1.99. The Morgan fingerprint density at radius 2 is 1.86 bits per heavy atom. The van der Waals surface area contributed by atoms with Crippen molar-refractivity contribution in [2.75, 3.05) is 25.1 Å². The molecular formula is C27H24Cl2N4O2S. The van der Waals surface area contributed by atoms with Gasteiger partial charge in [0, 0.05) is 48.6 Å². The van der Waals surface area contributed by atoms with E-state index < -0.39 is 0 Å². The van der Waals surface area contributed by atoms with Crippen molar-refractivity contribution >= 4 is 55.5 Å². The highest BCUT2D eigenvalue weighted by Crippen LogP contribution is 2.56. The number of hydrogen-bond donors (Lipinski definition) is 0. The Labute approximate surface area is 222 Å². The number of methoxy groups -OCH3 is 1. The van der Waals surface area contributed by atoms with Gasteiger partial charge >= 0.3 is 0 Å². The number of benzene rings is 1. The van der Waals surface area contributed by atoms with E-state index in [0.717, 1.165) is 78.6 Å². The third-order valence-electron chi connectivity index (χ3n) is 7.71. The van der Waals surface area contributed by atoms with Crippen molar-refractivity contribution < 1.29 is 9.26 Å². The van der Waals surface area contributed by atoms with E-state index in [4.69, 9.17) is 37.4 Å². The van der Waals surface area contributed by atoms with E-state index in [1.54, 1.807) is 30.8 Å². The van der Waals surface area contributed by atoms with Crippen molar-refractivity contribution in [3.8, 4) is 17.0 Å². The highest BCUT2D eigenvalue weighted by Gasteiger charge is 2.44. The number of ether oxygens (including phenoxy) is 1. The molecule has 0 unspecified atom stereocenters. The Morgan fingerprint density at radius 3 is 2.56 bits per heavy atom. The summed E-state index contributed by atoms with van der Waals surface area (Å²) in [6.07, 6.45) is 11.2.